The van der Waals surface area contributed by atoms with Crippen molar-refractivity contribution in [1.82, 2.24) is 10.6 Å². The van der Waals surface area contributed by atoms with E-state index in [1.165, 1.54) is 64.7 Å². The van der Waals surface area contributed by atoms with Crippen molar-refractivity contribution >= 4 is 0 Å². The lowest BCUT2D eigenvalue weighted by Crippen LogP contribution is -2.39. The largest absolute Gasteiger partial charge is 0.316 e. The highest BCUT2D eigenvalue weighted by Gasteiger charge is 2.28. The molecule has 0 aromatic heterocycles. The van der Waals surface area contributed by atoms with Crippen LogP contribution in [0, 0.1) is 11.3 Å². The van der Waals surface area contributed by atoms with Crippen molar-refractivity contribution in [2.45, 2.75) is 45.4 Å². The predicted molar refractivity (Wildman–Crippen MR) is 65.0 cm³/mol. The van der Waals surface area contributed by atoms with E-state index in [0.29, 0.717) is 5.41 Å². The van der Waals surface area contributed by atoms with Crippen LogP contribution in [0.1, 0.15) is 45.4 Å². The van der Waals surface area contributed by atoms with Gasteiger partial charge in [0.05, 0.1) is 0 Å². The molecule has 1 aliphatic carbocycles. The predicted octanol–water partition coefficient (Wildman–Crippen LogP) is 2.16. The highest BCUT2D eigenvalue weighted by Crippen LogP contribution is 2.36. The maximum atomic E-state index is 3.70. The molecule has 2 N–H and O–H groups in total. The minimum Gasteiger partial charge on any atom is -0.316 e. The molecule has 0 amide bonds. The van der Waals surface area contributed by atoms with Gasteiger partial charge in [-0.3, -0.25) is 0 Å². The van der Waals surface area contributed by atoms with E-state index in [1.54, 1.807) is 0 Å². The molecule has 0 aromatic rings. The molecule has 2 rings (SSSR count). The molecule has 2 heteroatoms. The van der Waals surface area contributed by atoms with Crippen molar-refractivity contribution in [3.8, 4) is 0 Å². The molecule has 0 radical (unpaired) electrons. The van der Waals surface area contributed by atoms with Crippen LogP contribution in [0.3, 0.4) is 0 Å². The first-order valence-corrected chi connectivity index (χ1v) is 6.70. The Morgan fingerprint density at radius 3 is 2.73 bits per heavy atom. The van der Waals surface area contributed by atoms with E-state index in [4.69, 9.17) is 0 Å². The first-order valence-electron chi connectivity index (χ1n) is 6.70. The fourth-order valence-electron chi connectivity index (χ4n) is 3.08. The normalized spacial score (nSPS) is 30.6. The van der Waals surface area contributed by atoms with Crippen LogP contribution >= 0.6 is 0 Å². The van der Waals surface area contributed by atoms with Gasteiger partial charge in [0.25, 0.3) is 0 Å². The molecule has 1 saturated carbocycles. The maximum absolute atomic E-state index is 3.70. The Labute approximate surface area is 94.2 Å². The SMILES string of the molecule is CC1(CNCC2CCCNC2)CCCC1. The number of hydrogen-bond donors (Lipinski definition) is 2. The van der Waals surface area contributed by atoms with Gasteiger partial charge in [-0.25, -0.2) is 0 Å². The van der Waals surface area contributed by atoms with Crippen LogP contribution in [0.25, 0.3) is 0 Å². The van der Waals surface area contributed by atoms with Gasteiger partial charge in [0, 0.05) is 6.54 Å². The lowest BCUT2D eigenvalue weighted by Gasteiger charge is -2.27. The smallest absolute Gasteiger partial charge is 0.000528 e. The summed E-state index contributed by atoms with van der Waals surface area (Å²) in [7, 11) is 0. The standard InChI is InChI=1S/C13H26N2/c1-13(6-2-3-7-13)11-15-10-12-5-4-8-14-9-12/h12,14-15H,2-11H2,1H3. The number of hydrogen-bond acceptors (Lipinski definition) is 2. The van der Waals surface area contributed by atoms with Gasteiger partial charge in [0.1, 0.15) is 0 Å². The summed E-state index contributed by atoms with van der Waals surface area (Å²) >= 11 is 0. The highest BCUT2D eigenvalue weighted by atomic mass is 14.9. The molecule has 88 valence electrons. The summed E-state index contributed by atoms with van der Waals surface area (Å²) in [6.07, 6.45) is 8.54. The monoisotopic (exact) mass is 210 g/mol. The van der Waals surface area contributed by atoms with Crippen LogP contribution < -0.4 is 10.6 Å². The van der Waals surface area contributed by atoms with Crippen LogP contribution in [0.2, 0.25) is 0 Å². The second-order valence-electron chi connectivity index (χ2n) is 5.86. The molecule has 2 aliphatic rings. The molecule has 1 aliphatic heterocycles. The van der Waals surface area contributed by atoms with Gasteiger partial charge >= 0.3 is 0 Å². The topological polar surface area (TPSA) is 24.1 Å². The third-order valence-electron chi connectivity index (χ3n) is 4.19. The number of rotatable bonds is 4. The average molecular weight is 210 g/mol. The van der Waals surface area contributed by atoms with E-state index in [1.807, 2.05) is 0 Å². The molecule has 0 aromatic carbocycles. The second-order valence-corrected chi connectivity index (χ2v) is 5.86. The minimum absolute atomic E-state index is 0.613. The van der Waals surface area contributed by atoms with Crippen molar-refractivity contribution in [2.24, 2.45) is 11.3 Å². The molecule has 2 nitrogen and oxygen atoms in total. The van der Waals surface area contributed by atoms with E-state index < -0.39 is 0 Å². The van der Waals surface area contributed by atoms with E-state index in [0.717, 1.165) is 5.92 Å². The Kier molecular flexibility index (Phi) is 4.04. The molecule has 0 bridgehead atoms. The zero-order chi connectivity index (χ0) is 10.6. The van der Waals surface area contributed by atoms with Crippen molar-refractivity contribution in [3.05, 3.63) is 0 Å². The lowest BCUT2D eigenvalue weighted by atomic mass is 9.88. The van der Waals surface area contributed by atoms with Crippen LogP contribution in [0.15, 0.2) is 0 Å². The Morgan fingerprint density at radius 2 is 2.07 bits per heavy atom. The first-order chi connectivity index (χ1) is 7.29. The van der Waals surface area contributed by atoms with Gasteiger partial charge in [-0.15, -0.1) is 0 Å². The maximum Gasteiger partial charge on any atom is 0.000528 e. The Hall–Kier alpha value is -0.0800. The van der Waals surface area contributed by atoms with Gasteiger partial charge in [-0.2, -0.15) is 0 Å². The third-order valence-corrected chi connectivity index (χ3v) is 4.19. The van der Waals surface area contributed by atoms with Crippen molar-refractivity contribution < 1.29 is 0 Å². The fraction of sp³-hybridized carbons (Fsp3) is 1.00. The summed E-state index contributed by atoms with van der Waals surface area (Å²) in [5.74, 6) is 0.878. The average Bonchev–Trinajstić information content (AvgIpc) is 2.67. The molecule has 1 unspecified atom stereocenters. The van der Waals surface area contributed by atoms with E-state index in [-0.39, 0.29) is 0 Å². The molecular formula is C13H26N2. The van der Waals surface area contributed by atoms with Crippen molar-refractivity contribution in [1.29, 1.82) is 0 Å². The summed E-state index contributed by atoms with van der Waals surface area (Å²) in [6, 6.07) is 0. The van der Waals surface area contributed by atoms with Gasteiger partial charge in [0.15, 0.2) is 0 Å². The van der Waals surface area contributed by atoms with Crippen LogP contribution in [-0.4, -0.2) is 26.2 Å². The van der Waals surface area contributed by atoms with Gasteiger partial charge in [-0.1, -0.05) is 19.8 Å². The molecule has 2 fully saturated rings. The molecular weight excluding hydrogens is 184 g/mol. The van der Waals surface area contributed by atoms with Crippen LogP contribution in [0.5, 0.6) is 0 Å². The summed E-state index contributed by atoms with van der Waals surface area (Å²) in [6.45, 7) is 7.37. The van der Waals surface area contributed by atoms with Gasteiger partial charge in [0.2, 0.25) is 0 Å². The molecule has 1 atom stereocenters. The summed E-state index contributed by atoms with van der Waals surface area (Å²) in [5, 5.41) is 7.18. The van der Waals surface area contributed by atoms with E-state index in [2.05, 4.69) is 17.6 Å². The Balaban J connectivity index is 1.61. The lowest BCUT2D eigenvalue weighted by molar-refractivity contribution is 0.289. The summed E-state index contributed by atoms with van der Waals surface area (Å²) in [4.78, 5) is 0. The number of piperidine rings is 1. The Bertz CT molecular complexity index is 179. The van der Waals surface area contributed by atoms with Crippen LogP contribution in [0.4, 0.5) is 0 Å². The quantitative estimate of drug-likeness (QED) is 0.743. The van der Waals surface area contributed by atoms with Gasteiger partial charge < -0.3 is 10.6 Å². The molecule has 0 spiro atoms. The van der Waals surface area contributed by atoms with Crippen molar-refractivity contribution in [3.63, 3.8) is 0 Å². The van der Waals surface area contributed by atoms with Gasteiger partial charge in [-0.05, 0) is 56.7 Å². The highest BCUT2D eigenvalue weighted by molar-refractivity contribution is 4.83. The number of nitrogens with one attached hydrogen (secondary N) is 2. The second kappa shape index (κ2) is 5.31. The first kappa shape index (κ1) is 11.4. The van der Waals surface area contributed by atoms with E-state index >= 15 is 0 Å². The molecule has 15 heavy (non-hydrogen) atoms. The molecule has 1 heterocycles. The summed E-state index contributed by atoms with van der Waals surface area (Å²) < 4.78 is 0. The van der Waals surface area contributed by atoms with Crippen LogP contribution in [-0.2, 0) is 0 Å². The van der Waals surface area contributed by atoms with Crippen molar-refractivity contribution in [2.75, 3.05) is 26.2 Å². The molecule has 1 saturated heterocycles. The minimum atomic E-state index is 0.613. The van der Waals surface area contributed by atoms with E-state index in [9.17, 15) is 0 Å². The summed E-state index contributed by atoms with van der Waals surface area (Å²) in [5.41, 5.74) is 0.613. The zero-order valence-electron chi connectivity index (χ0n) is 10.1. The third kappa shape index (κ3) is 3.46. The Morgan fingerprint density at radius 1 is 1.27 bits per heavy atom. The zero-order valence-corrected chi connectivity index (χ0v) is 10.1. The fourth-order valence-corrected chi connectivity index (χ4v) is 3.08.